The van der Waals surface area contributed by atoms with Crippen LogP contribution in [0.1, 0.15) is 59.8 Å². The third kappa shape index (κ3) is 5.41. The lowest BCUT2D eigenvalue weighted by molar-refractivity contribution is -0.167. The second-order valence-electron chi connectivity index (χ2n) is 6.35. The number of ether oxygens (including phenoxy) is 3. The zero-order valence-corrected chi connectivity index (χ0v) is 13.4. The Kier molecular flexibility index (Phi) is 7.33. The highest BCUT2D eigenvalue weighted by Crippen LogP contribution is 2.42. The summed E-state index contributed by atoms with van der Waals surface area (Å²) in [5.74, 6) is 1.24. The topological polar surface area (TPSA) is 27.7 Å². The molecule has 1 saturated carbocycles. The van der Waals surface area contributed by atoms with Crippen molar-refractivity contribution in [3.05, 3.63) is 0 Å². The first kappa shape index (κ1) is 16.9. The van der Waals surface area contributed by atoms with Gasteiger partial charge in [0.2, 0.25) is 0 Å². The molecule has 1 fully saturated rings. The molecule has 0 saturated heterocycles. The minimum atomic E-state index is -0.00450. The molecular formula is C16H32O3. The summed E-state index contributed by atoms with van der Waals surface area (Å²) in [6, 6.07) is 0. The van der Waals surface area contributed by atoms with E-state index in [1.807, 2.05) is 0 Å². The Morgan fingerprint density at radius 3 is 2.68 bits per heavy atom. The molecule has 1 unspecified atom stereocenters. The largest absolute Gasteiger partial charge is 0.384 e. The number of hydrogen-bond donors (Lipinski definition) is 0. The maximum absolute atomic E-state index is 6.09. The van der Waals surface area contributed by atoms with Crippen LogP contribution in [-0.4, -0.2) is 32.2 Å². The number of hydrogen-bond acceptors (Lipinski definition) is 3. The summed E-state index contributed by atoms with van der Waals surface area (Å²) in [7, 11) is 1.78. The Morgan fingerprint density at radius 2 is 2.05 bits per heavy atom. The van der Waals surface area contributed by atoms with Gasteiger partial charge < -0.3 is 14.2 Å². The Labute approximate surface area is 119 Å². The lowest BCUT2D eigenvalue weighted by atomic mass is 9.85. The van der Waals surface area contributed by atoms with Crippen molar-refractivity contribution >= 4 is 0 Å². The molecule has 0 aromatic rings. The zero-order valence-electron chi connectivity index (χ0n) is 13.4. The molecular weight excluding hydrogens is 240 g/mol. The third-order valence-corrected chi connectivity index (χ3v) is 4.54. The smallest absolute Gasteiger partial charge is 0.147 e. The molecule has 3 heteroatoms. The molecule has 3 nitrogen and oxygen atoms in total. The SMILES string of the molecule is CC[C@H](C)OCO[C@@]1(C)CCC[C@@H]1CC(C)COC. The molecule has 0 amide bonds. The van der Waals surface area contributed by atoms with Crippen LogP contribution in [0.15, 0.2) is 0 Å². The molecule has 1 aliphatic carbocycles. The number of methoxy groups -OCH3 is 1. The highest BCUT2D eigenvalue weighted by molar-refractivity contribution is 4.90. The fraction of sp³-hybridized carbons (Fsp3) is 1.00. The van der Waals surface area contributed by atoms with Crippen LogP contribution in [0.5, 0.6) is 0 Å². The third-order valence-electron chi connectivity index (χ3n) is 4.54. The van der Waals surface area contributed by atoms with Crippen molar-refractivity contribution in [3.8, 4) is 0 Å². The highest BCUT2D eigenvalue weighted by Gasteiger charge is 2.40. The minimum absolute atomic E-state index is 0.00450. The van der Waals surface area contributed by atoms with Crippen molar-refractivity contribution in [1.82, 2.24) is 0 Å². The second-order valence-corrected chi connectivity index (χ2v) is 6.35. The van der Waals surface area contributed by atoms with Crippen molar-refractivity contribution in [2.24, 2.45) is 11.8 Å². The van der Waals surface area contributed by atoms with Crippen LogP contribution in [0.4, 0.5) is 0 Å². The fourth-order valence-corrected chi connectivity index (χ4v) is 3.01. The quantitative estimate of drug-likeness (QED) is 0.594. The van der Waals surface area contributed by atoms with Crippen LogP contribution in [0.25, 0.3) is 0 Å². The summed E-state index contributed by atoms with van der Waals surface area (Å²) in [5.41, 5.74) is -0.00450. The molecule has 0 heterocycles. The first-order valence-corrected chi connectivity index (χ1v) is 7.76. The maximum atomic E-state index is 6.09. The van der Waals surface area contributed by atoms with Crippen LogP contribution in [0, 0.1) is 11.8 Å². The van der Waals surface area contributed by atoms with Crippen molar-refractivity contribution < 1.29 is 14.2 Å². The lowest BCUT2D eigenvalue weighted by Crippen LogP contribution is -2.35. The molecule has 1 aliphatic rings. The van der Waals surface area contributed by atoms with E-state index in [9.17, 15) is 0 Å². The van der Waals surface area contributed by atoms with Crippen LogP contribution >= 0.6 is 0 Å². The Bertz CT molecular complexity index is 244. The Morgan fingerprint density at radius 1 is 1.32 bits per heavy atom. The molecule has 0 aliphatic heterocycles. The average molecular weight is 272 g/mol. The molecule has 0 aromatic heterocycles. The summed E-state index contributed by atoms with van der Waals surface area (Å²) in [4.78, 5) is 0. The number of rotatable bonds is 9. The molecule has 4 atom stereocenters. The van der Waals surface area contributed by atoms with E-state index >= 15 is 0 Å². The molecule has 1 rings (SSSR count). The normalized spacial score (nSPS) is 30.5. The van der Waals surface area contributed by atoms with Crippen molar-refractivity contribution in [2.75, 3.05) is 20.5 Å². The van der Waals surface area contributed by atoms with Gasteiger partial charge in [0, 0.05) is 13.7 Å². The van der Waals surface area contributed by atoms with E-state index in [2.05, 4.69) is 27.7 Å². The molecule has 0 bridgehead atoms. The van der Waals surface area contributed by atoms with Gasteiger partial charge in [0.25, 0.3) is 0 Å². The predicted molar refractivity (Wildman–Crippen MR) is 78.2 cm³/mol. The van der Waals surface area contributed by atoms with Gasteiger partial charge in [0.05, 0.1) is 11.7 Å². The average Bonchev–Trinajstić information content (AvgIpc) is 2.71. The van der Waals surface area contributed by atoms with Gasteiger partial charge in [-0.2, -0.15) is 0 Å². The zero-order chi connectivity index (χ0) is 14.3. The molecule has 0 aromatic carbocycles. The summed E-state index contributed by atoms with van der Waals surface area (Å²) in [6.07, 6.45) is 6.21. The summed E-state index contributed by atoms with van der Waals surface area (Å²) < 4.78 is 17.0. The first-order chi connectivity index (χ1) is 9.01. The van der Waals surface area contributed by atoms with E-state index < -0.39 is 0 Å². The van der Waals surface area contributed by atoms with Gasteiger partial charge >= 0.3 is 0 Å². The van der Waals surface area contributed by atoms with Crippen molar-refractivity contribution in [3.63, 3.8) is 0 Å². The van der Waals surface area contributed by atoms with Crippen LogP contribution in [0.3, 0.4) is 0 Å². The van der Waals surface area contributed by atoms with Gasteiger partial charge in [-0.1, -0.05) is 20.3 Å². The van der Waals surface area contributed by atoms with Gasteiger partial charge in [-0.25, -0.2) is 0 Å². The standard InChI is InChI=1S/C16H32O3/c1-6-14(3)18-12-19-16(4)9-7-8-15(16)10-13(2)11-17-5/h13-15H,6-12H2,1-5H3/t13?,14-,15+,16-/m0/s1. The van der Waals surface area contributed by atoms with E-state index in [1.165, 1.54) is 19.3 Å². The summed E-state index contributed by atoms with van der Waals surface area (Å²) >= 11 is 0. The van der Waals surface area contributed by atoms with E-state index in [0.29, 0.717) is 18.6 Å². The van der Waals surface area contributed by atoms with Gasteiger partial charge in [-0.05, 0) is 51.4 Å². The molecule has 0 N–H and O–H groups in total. The summed E-state index contributed by atoms with van der Waals surface area (Å²) in [5, 5.41) is 0. The molecule has 19 heavy (non-hydrogen) atoms. The highest BCUT2D eigenvalue weighted by atomic mass is 16.7. The van der Waals surface area contributed by atoms with Crippen LogP contribution in [0.2, 0.25) is 0 Å². The molecule has 0 spiro atoms. The van der Waals surface area contributed by atoms with Gasteiger partial charge in [0.15, 0.2) is 0 Å². The molecule has 114 valence electrons. The van der Waals surface area contributed by atoms with Crippen molar-refractivity contribution in [2.45, 2.75) is 71.5 Å². The van der Waals surface area contributed by atoms with E-state index in [1.54, 1.807) is 7.11 Å². The maximum Gasteiger partial charge on any atom is 0.147 e. The fourth-order valence-electron chi connectivity index (χ4n) is 3.01. The minimum Gasteiger partial charge on any atom is -0.384 e. The van der Waals surface area contributed by atoms with Gasteiger partial charge in [-0.15, -0.1) is 0 Å². The predicted octanol–water partition coefficient (Wildman–Crippen LogP) is 4.01. The lowest BCUT2D eigenvalue weighted by Gasteiger charge is -2.33. The van der Waals surface area contributed by atoms with Crippen LogP contribution in [-0.2, 0) is 14.2 Å². The first-order valence-electron chi connectivity index (χ1n) is 7.76. The van der Waals surface area contributed by atoms with E-state index in [4.69, 9.17) is 14.2 Å². The molecule has 0 radical (unpaired) electrons. The van der Waals surface area contributed by atoms with Gasteiger partial charge in [-0.3, -0.25) is 0 Å². The summed E-state index contributed by atoms with van der Waals surface area (Å²) in [6.45, 7) is 10.0. The van der Waals surface area contributed by atoms with Gasteiger partial charge in [0.1, 0.15) is 6.79 Å². The Hall–Kier alpha value is -0.120. The van der Waals surface area contributed by atoms with E-state index in [-0.39, 0.29) is 11.7 Å². The van der Waals surface area contributed by atoms with E-state index in [0.717, 1.165) is 19.4 Å². The monoisotopic (exact) mass is 272 g/mol. The van der Waals surface area contributed by atoms with Crippen molar-refractivity contribution in [1.29, 1.82) is 0 Å². The second kappa shape index (κ2) is 8.23. The Balaban J connectivity index is 2.39. The van der Waals surface area contributed by atoms with Crippen LogP contribution < -0.4 is 0 Å².